The summed E-state index contributed by atoms with van der Waals surface area (Å²) in [6, 6.07) is 17.6. The van der Waals surface area contributed by atoms with Crippen LogP contribution >= 0.6 is 11.8 Å². The molecule has 0 aliphatic rings. The Morgan fingerprint density at radius 1 is 1.04 bits per heavy atom. The van der Waals surface area contributed by atoms with Crippen molar-refractivity contribution in [3.63, 3.8) is 0 Å². The molecule has 4 nitrogen and oxygen atoms in total. The van der Waals surface area contributed by atoms with E-state index < -0.39 is 0 Å². The third-order valence-electron chi connectivity index (χ3n) is 3.68. The average Bonchev–Trinajstić information content (AvgIpc) is 2.60. The Balaban J connectivity index is 1.78. The molecule has 0 unspecified atom stereocenters. The van der Waals surface area contributed by atoms with E-state index in [1.54, 1.807) is 11.8 Å². The normalized spacial score (nSPS) is 11.6. The zero-order chi connectivity index (χ0) is 18.1. The third-order valence-corrected chi connectivity index (χ3v) is 4.70. The summed E-state index contributed by atoms with van der Waals surface area (Å²) >= 11 is 1.71. The van der Waals surface area contributed by atoms with Gasteiger partial charge in [0.05, 0.1) is 12.5 Å². The van der Waals surface area contributed by atoms with Gasteiger partial charge in [0.1, 0.15) is 0 Å². The van der Waals surface area contributed by atoms with Crippen LogP contribution in [0.25, 0.3) is 0 Å². The van der Waals surface area contributed by atoms with Gasteiger partial charge < -0.3 is 10.6 Å². The van der Waals surface area contributed by atoms with Gasteiger partial charge in [-0.05, 0) is 24.6 Å². The van der Waals surface area contributed by atoms with Gasteiger partial charge >= 0.3 is 0 Å². The van der Waals surface area contributed by atoms with Crippen molar-refractivity contribution in [2.75, 3.05) is 12.3 Å². The summed E-state index contributed by atoms with van der Waals surface area (Å²) in [7, 11) is 0. The van der Waals surface area contributed by atoms with Crippen LogP contribution in [-0.2, 0) is 9.59 Å². The Bertz CT molecular complexity index is 687. The minimum atomic E-state index is -0.302. The lowest BCUT2D eigenvalue weighted by Crippen LogP contribution is -2.33. The van der Waals surface area contributed by atoms with Crippen LogP contribution < -0.4 is 10.6 Å². The predicted molar refractivity (Wildman–Crippen MR) is 103 cm³/mol. The van der Waals surface area contributed by atoms with Crippen LogP contribution in [0.15, 0.2) is 59.5 Å². The number of carbonyl (C=O) groups excluding carboxylic acids is 2. The average molecular weight is 356 g/mol. The highest BCUT2D eigenvalue weighted by atomic mass is 32.2. The number of carbonyl (C=O) groups is 2. The smallest absolute Gasteiger partial charge is 0.222 e. The molecule has 25 heavy (non-hydrogen) atoms. The van der Waals surface area contributed by atoms with Crippen LogP contribution in [0.1, 0.15) is 30.5 Å². The van der Waals surface area contributed by atoms with E-state index in [4.69, 9.17) is 0 Å². The second kappa shape index (κ2) is 9.89. The van der Waals surface area contributed by atoms with E-state index in [0.29, 0.717) is 6.54 Å². The van der Waals surface area contributed by atoms with Gasteiger partial charge in [-0.1, -0.05) is 48.0 Å². The van der Waals surface area contributed by atoms with E-state index in [0.717, 1.165) is 11.3 Å². The number of amides is 2. The summed E-state index contributed by atoms with van der Waals surface area (Å²) in [5.74, 6) is 0.606. The third kappa shape index (κ3) is 7.01. The van der Waals surface area contributed by atoms with Crippen LogP contribution in [0.3, 0.4) is 0 Å². The number of aryl methyl sites for hydroxylation is 1. The molecule has 2 aromatic carbocycles. The second-order valence-corrected chi connectivity index (χ2v) is 7.05. The number of hydrogen-bond donors (Lipinski definition) is 2. The SMILES string of the molecule is CC(=O)N[C@H](CC(=O)NCCSc1ccc(C)cc1)c1ccccc1. The molecule has 2 N–H and O–H groups in total. The highest BCUT2D eigenvalue weighted by Crippen LogP contribution is 2.18. The van der Waals surface area contributed by atoms with Crippen molar-refractivity contribution in [2.45, 2.75) is 31.2 Å². The molecule has 132 valence electrons. The lowest BCUT2D eigenvalue weighted by Gasteiger charge is -2.18. The van der Waals surface area contributed by atoms with E-state index in [2.05, 4.69) is 41.8 Å². The highest BCUT2D eigenvalue weighted by Gasteiger charge is 2.16. The molecule has 0 aliphatic carbocycles. The Morgan fingerprint density at radius 3 is 2.36 bits per heavy atom. The molecule has 2 amide bonds. The first-order valence-corrected chi connectivity index (χ1v) is 9.31. The van der Waals surface area contributed by atoms with Crippen molar-refractivity contribution in [2.24, 2.45) is 0 Å². The number of thioether (sulfide) groups is 1. The van der Waals surface area contributed by atoms with Gasteiger partial charge in [-0.25, -0.2) is 0 Å². The zero-order valence-electron chi connectivity index (χ0n) is 14.6. The van der Waals surface area contributed by atoms with Crippen LogP contribution in [-0.4, -0.2) is 24.1 Å². The van der Waals surface area contributed by atoms with Crippen molar-refractivity contribution < 1.29 is 9.59 Å². The lowest BCUT2D eigenvalue weighted by atomic mass is 10.0. The van der Waals surface area contributed by atoms with E-state index in [1.807, 2.05) is 30.3 Å². The van der Waals surface area contributed by atoms with Gasteiger partial charge in [0.2, 0.25) is 11.8 Å². The van der Waals surface area contributed by atoms with Crippen molar-refractivity contribution in [1.29, 1.82) is 0 Å². The Hall–Kier alpha value is -2.27. The molecule has 0 heterocycles. The second-order valence-electron chi connectivity index (χ2n) is 5.88. The fourth-order valence-corrected chi connectivity index (χ4v) is 3.20. The minimum absolute atomic E-state index is 0.0629. The van der Waals surface area contributed by atoms with Gasteiger partial charge in [0.25, 0.3) is 0 Å². The molecule has 1 atom stereocenters. The quantitative estimate of drug-likeness (QED) is 0.562. The molecule has 0 aliphatic heterocycles. The standard InChI is InChI=1S/C20H24N2O2S/c1-15-8-10-18(11-9-15)25-13-12-21-20(24)14-19(22-16(2)23)17-6-4-3-5-7-17/h3-11,19H,12-14H2,1-2H3,(H,21,24)(H,22,23)/t19-/m1/s1. The maximum Gasteiger partial charge on any atom is 0.222 e. The predicted octanol–water partition coefficient (Wildman–Crippen LogP) is 3.47. The Labute approximate surface area is 153 Å². The minimum Gasteiger partial charge on any atom is -0.355 e. The Kier molecular flexibility index (Phi) is 7.54. The van der Waals surface area contributed by atoms with E-state index in [1.165, 1.54) is 17.4 Å². The number of hydrogen-bond acceptors (Lipinski definition) is 3. The van der Waals surface area contributed by atoms with Gasteiger partial charge in [0, 0.05) is 24.1 Å². The molecule has 2 aromatic rings. The molecule has 0 aromatic heterocycles. The van der Waals surface area contributed by atoms with Crippen molar-refractivity contribution >= 4 is 23.6 Å². The van der Waals surface area contributed by atoms with E-state index >= 15 is 0 Å². The number of rotatable bonds is 8. The van der Waals surface area contributed by atoms with Crippen molar-refractivity contribution in [3.8, 4) is 0 Å². The summed E-state index contributed by atoms with van der Waals surface area (Å²) in [5.41, 5.74) is 2.17. The fraction of sp³-hybridized carbons (Fsp3) is 0.300. The van der Waals surface area contributed by atoms with Crippen LogP contribution in [0, 0.1) is 6.92 Å². The number of nitrogens with one attached hydrogen (secondary N) is 2. The van der Waals surface area contributed by atoms with Crippen LogP contribution in [0.2, 0.25) is 0 Å². The Morgan fingerprint density at radius 2 is 1.72 bits per heavy atom. The van der Waals surface area contributed by atoms with Crippen LogP contribution in [0.5, 0.6) is 0 Å². The first-order valence-electron chi connectivity index (χ1n) is 8.33. The van der Waals surface area contributed by atoms with Gasteiger partial charge in [0.15, 0.2) is 0 Å². The van der Waals surface area contributed by atoms with E-state index in [-0.39, 0.29) is 24.3 Å². The zero-order valence-corrected chi connectivity index (χ0v) is 15.4. The maximum atomic E-state index is 12.2. The molecule has 0 fully saturated rings. The molecule has 2 rings (SSSR count). The monoisotopic (exact) mass is 356 g/mol. The van der Waals surface area contributed by atoms with Crippen molar-refractivity contribution in [3.05, 3.63) is 65.7 Å². The molecular weight excluding hydrogens is 332 g/mol. The summed E-state index contributed by atoms with van der Waals surface area (Å²) < 4.78 is 0. The molecule has 0 radical (unpaired) electrons. The maximum absolute atomic E-state index is 12.2. The lowest BCUT2D eigenvalue weighted by molar-refractivity contribution is -0.122. The molecule has 5 heteroatoms. The van der Waals surface area contributed by atoms with Gasteiger partial charge in [-0.2, -0.15) is 0 Å². The fourth-order valence-electron chi connectivity index (χ4n) is 2.43. The van der Waals surface area contributed by atoms with Crippen molar-refractivity contribution in [1.82, 2.24) is 10.6 Å². The van der Waals surface area contributed by atoms with Crippen LogP contribution in [0.4, 0.5) is 0 Å². The summed E-state index contributed by atoms with van der Waals surface area (Å²) in [4.78, 5) is 24.8. The van der Waals surface area contributed by atoms with Gasteiger partial charge in [-0.3, -0.25) is 9.59 Å². The molecule has 0 spiro atoms. The first-order chi connectivity index (χ1) is 12.0. The molecule has 0 saturated heterocycles. The van der Waals surface area contributed by atoms with Gasteiger partial charge in [-0.15, -0.1) is 11.8 Å². The summed E-state index contributed by atoms with van der Waals surface area (Å²) in [6.07, 6.45) is 0.235. The first kappa shape index (κ1) is 19.1. The molecular formula is C20H24N2O2S. The molecule has 0 bridgehead atoms. The highest BCUT2D eigenvalue weighted by molar-refractivity contribution is 7.99. The summed E-state index contributed by atoms with van der Waals surface area (Å²) in [6.45, 7) is 4.12. The molecule has 0 saturated carbocycles. The summed E-state index contributed by atoms with van der Waals surface area (Å²) in [5, 5.41) is 5.77. The van der Waals surface area contributed by atoms with E-state index in [9.17, 15) is 9.59 Å². The topological polar surface area (TPSA) is 58.2 Å². The largest absolute Gasteiger partial charge is 0.355 e. The number of benzene rings is 2.